The molecule has 0 bridgehead atoms. The van der Waals surface area contributed by atoms with Gasteiger partial charge >= 0.3 is 6.03 Å². The van der Waals surface area contributed by atoms with E-state index in [0.717, 1.165) is 41.0 Å². The number of rotatable bonds is 4. The Kier molecular flexibility index (Phi) is 5.24. The summed E-state index contributed by atoms with van der Waals surface area (Å²) in [5.41, 5.74) is 3.85. The zero-order valence-electron chi connectivity index (χ0n) is 18.1. The fourth-order valence-corrected chi connectivity index (χ4v) is 5.46. The molecule has 3 aromatic rings. The second-order valence-electron chi connectivity index (χ2n) is 8.62. The standard InChI is InChI=1S/C23H23N5O4S/c1-14-5-7-15(8-6-14)16-12-33-19-18(16)20(30)27(13-24-19)11-17(29)26-28-21(31)23(25-22(28)32)9-3-2-4-10-23/h5-8,12-13H,2-4,9-11H2,1H3,(H,25,32)(H,26,29). The number of benzene rings is 1. The highest BCUT2D eigenvalue weighted by Crippen LogP contribution is 2.33. The van der Waals surface area contributed by atoms with Gasteiger partial charge in [-0.25, -0.2) is 9.78 Å². The van der Waals surface area contributed by atoms with Gasteiger partial charge in [-0.3, -0.25) is 24.4 Å². The van der Waals surface area contributed by atoms with E-state index in [1.165, 1.54) is 22.2 Å². The molecule has 1 aromatic carbocycles. The molecule has 1 aliphatic heterocycles. The summed E-state index contributed by atoms with van der Waals surface area (Å²) in [5, 5.41) is 5.81. The van der Waals surface area contributed by atoms with E-state index in [1.54, 1.807) is 0 Å². The first-order valence-corrected chi connectivity index (χ1v) is 11.8. The Bertz CT molecular complexity index is 1320. The number of thiophene rings is 1. The Hall–Kier alpha value is -3.53. The van der Waals surface area contributed by atoms with E-state index < -0.39 is 23.4 Å². The van der Waals surface area contributed by atoms with Crippen LogP contribution in [-0.4, -0.2) is 37.9 Å². The fourth-order valence-electron chi connectivity index (χ4n) is 4.56. The normalized spacial score (nSPS) is 17.5. The van der Waals surface area contributed by atoms with Crippen LogP contribution in [0.5, 0.6) is 0 Å². The quantitative estimate of drug-likeness (QED) is 0.575. The lowest BCUT2D eigenvalue weighted by molar-refractivity contribution is -0.140. The van der Waals surface area contributed by atoms with Gasteiger partial charge in [0.05, 0.1) is 11.7 Å². The molecule has 5 rings (SSSR count). The van der Waals surface area contributed by atoms with Crippen LogP contribution in [0.1, 0.15) is 37.7 Å². The van der Waals surface area contributed by atoms with Crippen LogP contribution in [0.4, 0.5) is 4.79 Å². The summed E-state index contributed by atoms with van der Waals surface area (Å²) in [6.07, 6.45) is 5.14. The van der Waals surface area contributed by atoms with Crippen LogP contribution in [0.25, 0.3) is 21.3 Å². The maximum atomic E-state index is 13.2. The molecule has 2 N–H and O–H groups in total. The monoisotopic (exact) mass is 465 g/mol. The van der Waals surface area contributed by atoms with Crippen molar-refractivity contribution in [1.29, 1.82) is 0 Å². The maximum absolute atomic E-state index is 13.2. The van der Waals surface area contributed by atoms with Crippen LogP contribution in [0.2, 0.25) is 0 Å². The van der Waals surface area contributed by atoms with E-state index in [-0.39, 0.29) is 12.1 Å². The van der Waals surface area contributed by atoms with Gasteiger partial charge in [0.2, 0.25) is 0 Å². The molecule has 2 fully saturated rings. The molecule has 1 saturated heterocycles. The molecule has 2 aliphatic rings. The third-order valence-corrected chi connectivity index (χ3v) is 7.23. The molecule has 1 spiro atoms. The first kappa shape index (κ1) is 21.3. The summed E-state index contributed by atoms with van der Waals surface area (Å²) in [6.45, 7) is 1.62. The van der Waals surface area contributed by atoms with Crippen molar-refractivity contribution in [2.75, 3.05) is 0 Å². The predicted molar refractivity (Wildman–Crippen MR) is 123 cm³/mol. The number of carbonyl (C=O) groups is 3. The van der Waals surface area contributed by atoms with E-state index in [2.05, 4.69) is 15.7 Å². The van der Waals surface area contributed by atoms with Gasteiger partial charge in [-0.15, -0.1) is 11.3 Å². The number of hydrogen-bond acceptors (Lipinski definition) is 6. The van der Waals surface area contributed by atoms with Crippen LogP contribution >= 0.6 is 11.3 Å². The lowest BCUT2D eigenvalue weighted by Crippen LogP contribution is -2.51. The second-order valence-corrected chi connectivity index (χ2v) is 9.48. The van der Waals surface area contributed by atoms with Crippen LogP contribution in [0.3, 0.4) is 0 Å². The molecule has 0 radical (unpaired) electrons. The van der Waals surface area contributed by atoms with Crippen molar-refractivity contribution >= 4 is 39.4 Å². The van der Waals surface area contributed by atoms with Gasteiger partial charge in [-0.05, 0) is 25.3 Å². The van der Waals surface area contributed by atoms with Gasteiger partial charge in [0.15, 0.2) is 0 Å². The maximum Gasteiger partial charge on any atom is 0.344 e. The molecule has 0 atom stereocenters. The Balaban J connectivity index is 1.38. The van der Waals surface area contributed by atoms with Crippen molar-refractivity contribution in [2.24, 2.45) is 0 Å². The molecule has 1 aliphatic carbocycles. The Labute approximate surface area is 193 Å². The second kappa shape index (κ2) is 8.11. The van der Waals surface area contributed by atoms with Gasteiger partial charge in [0.25, 0.3) is 17.4 Å². The van der Waals surface area contributed by atoms with Crippen molar-refractivity contribution in [2.45, 2.75) is 51.1 Å². The zero-order valence-corrected chi connectivity index (χ0v) is 18.9. The van der Waals surface area contributed by atoms with E-state index in [4.69, 9.17) is 0 Å². The van der Waals surface area contributed by atoms with Crippen molar-refractivity contribution in [3.8, 4) is 11.1 Å². The van der Waals surface area contributed by atoms with E-state index in [0.29, 0.717) is 23.1 Å². The Morgan fingerprint density at radius 1 is 1.15 bits per heavy atom. The highest BCUT2D eigenvalue weighted by molar-refractivity contribution is 7.17. The van der Waals surface area contributed by atoms with Crippen LogP contribution in [-0.2, 0) is 16.1 Å². The van der Waals surface area contributed by atoms with E-state index >= 15 is 0 Å². The SMILES string of the molecule is Cc1ccc(-c2csc3ncn(CC(=O)NN4C(=O)NC5(CCCCC5)C4=O)c(=O)c23)cc1. The molecular weight excluding hydrogens is 442 g/mol. The summed E-state index contributed by atoms with van der Waals surface area (Å²) in [5.74, 6) is -1.09. The number of hydrazine groups is 1. The van der Waals surface area contributed by atoms with Crippen molar-refractivity contribution in [3.63, 3.8) is 0 Å². The number of urea groups is 1. The zero-order chi connectivity index (χ0) is 23.2. The van der Waals surface area contributed by atoms with E-state index in [9.17, 15) is 19.2 Å². The average Bonchev–Trinajstić information content (AvgIpc) is 3.33. The minimum atomic E-state index is -0.931. The number of aromatic nitrogens is 2. The number of carbonyl (C=O) groups excluding carboxylic acids is 3. The van der Waals surface area contributed by atoms with Gasteiger partial charge in [-0.1, -0.05) is 49.1 Å². The number of nitrogens with one attached hydrogen (secondary N) is 2. The first-order chi connectivity index (χ1) is 15.9. The van der Waals surface area contributed by atoms with Crippen molar-refractivity contribution < 1.29 is 14.4 Å². The average molecular weight is 466 g/mol. The molecular formula is C23H23N5O4S. The smallest absolute Gasteiger partial charge is 0.322 e. The molecule has 33 heavy (non-hydrogen) atoms. The topological polar surface area (TPSA) is 113 Å². The minimum absolute atomic E-state index is 0.354. The van der Waals surface area contributed by atoms with Gasteiger partial charge in [-0.2, -0.15) is 5.01 Å². The van der Waals surface area contributed by atoms with Crippen molar-refractivity contribution in [1.82, 2.24) is 25.3 Å². The number of amides is 4. The molecule has 9 nitrogen and oxygen atoms in total. The largest absolute Gasteiger partial charge is 0.344 e. The molecule has 3 heterocycles. The Morgan fingerprint density at radius 3 is 2.61 bits per heavy atom. The number of fused-ring (bicyclic) bond motifs is 1. The lowest BCUT2D eigenvalue weighted by Gasteiger charge is -2.30. The highest BCUT2D eigenvalue weighted by Gasteiger charge is 2.52. The van der Waals surface area contributed by atoms with Gasteiger partial charge < -0.3 is 5.32 Å². The summed E-state index contributed by atoms with van der Waals surface area (Å²) in [7, 11) is 0. The summed E-state index contributed by atoms with van der Waals surface area (Å²) >= 11 is 1.36. The van der Waals surface area contributed by atoms with E-state index in [1.807, 2.05) is 36.6 Å². The number of imide groups is 1. The molecule has 1 saturated carbocycles. The number of nitrogens with zero attached hydrogens (tertiary/aromatic N) is 3. The number of hydrogen-bond donors (Lipinski definition) is 2. The third kappa shape index (κ3) is 3.70. The highest BCUT2D eigenvalue weighted by atomic mass is 32.1. The fraction of sp³-hybridized carbons (Fsp3) is 0.348. The molecule has 4 amide bonds. The molecule has 2 aromatic heterocycles. The van der Waals surface area contributed by atoms with Crippen LogP contribution in [0, 0.1) is 6.92 Å². The lowest BCUT2D eigenvalue weighted by atomic mass is 9.82. The third-order valence-electron chi connectivity index (χ3n) is 6.34. The van der Waals surface area contributed by atoms with Gasteiger partial charge in [0.1, 0.15) is 16.9 Å². The number of aryl methyl sites for hydroxylation is 1. The molecule has 10 heteroatoms. The van der Waals surface area contributed by atoms with Crippen molar-refractivity contribution in [3.05, 3.63) is 51.9 Å². The predicted octanol–water partition coefficient (Wildman–Crippen LogP) is 2.72. The molecule has 170 valence electrons. The summed E-state index contributed by atoms with van der Waals surface area (Å²) in [4.78, 5) is 56.0. The summed E-state index contributed by atoms with van der Waals surface area (Å²) < 4.78 is 1.19. The van der Waals surface area contributed by atoms with Crippen LogP contribution < -0.4 is 16.3 Å². The van der Waals surface area contributed by atoms with Gasteiger partial charge in [0, 0.05) is 10.9 Å². The van der Waals surface area contributed by atoms with Crippen LogP contribution in [0.15, 0.2) is 40.8 Å². The summed E-state index contributed by atoms with van der Waals surface area (Å²) in [6, 6.07) is 7.19. The molecule has 0 unspecified atom stereocenters. The Morgan fingerprint density at radius 2 is 1.88 bits per heavy atom. The first-order valence-electron chi connectivity index (χ1n) is 10.9. The minimum Gasteiger partial charge on any atom is -0.322 e.